The number of hydrogen-bond acceptors (Lipinski definition) is 3. The van der Waals surface area contributed by atoms with E-state index in [0.717, 1.165) is 32.4 Å². The molecule has 3 rings (SSSR count). The zero-order chi connectivity index (χ0) is 18.4. The number of amides is 1. The topological polar surface area (TPSA) is 43.7 Å². The van der Waals surface area contributed by atoms with Crippen molar-refractivity contribution in [2.24, 2.45) is 0 Å². The van der Waals surface area contributed by atoms with Gasteiger partial charge < -0.3 is 18.9 Å². The van der Waals surface area contributed by atoms with Gasteiger partial charge in [0.1, 0.15) is 0 Å². The van der Waals surface area contributed by atoms with Crippen molar-refractivity contribution in [1.82, 2.24) is 9.47 Å². The molecule has 1 saturated heterocycles. The lowest BCUT2D eigenvalue weighted by Gasteiger charge is -2.33. The average Bonchev–Trinajstić information content (AvgIpc) is 3.21. The molecule has 2 heterocycles. The van der Waals surface area contributed by atoms with Crippen LogP contribution in [-0.2, 0) is 0 Å². The fourth-order valence-electron chi connectivity index (χ4n) is 3.38. The van der Waals surface area contributed by atoms with Gasteiger partial charge in [0.25, 0.3) is 5.91 Å². The van der Waals surface area contributed by atoms with E-state index >= 15 is 0 Å². The number of carbonyl (C=O) groups is 1. The van der Waals surface area contributed by atoms with Crippen molar-refractivity contribution in [2.75, 3.05) is 26.3 Å². The Bertz CT molecular complexity index is 704. The van der Waals surface area contributed by atoms with Gasteiger partial charge in [-0.1, -0.05) is 6.92 Å². The Morgan fingerprint density at radius 1 is 1.08 bits per heavy atom. The summed E-state index contributed by atoms with van der Waals surface area (Å²) in [7, 11) is 0. The fourth-order valence-corrected chi connectivity index (χ4v) is 3.38. The summed E-state index contributed by atoms with van der Waals surface area (Å²) in [6, 6.07) is 10.1. The molecule has 1 aliphatic rings. The van der Waals surface area contributed by atoms with Gasteiger partial charge in [-0.15, -0.1) is 0 Å². The van der Waals surface area contributed by atoms with Crippen LogP contribution in [0.4, 0.5) is 0 Å². The zero-order valence-corrected chi connectivity index (χ0v) is 15.7. The normalized spacial score (nSPS) is 15.1. The van der Waals surface area contributed by atoms with Gasteiger partial charge in [0.15, 0.2) is 11.5 Å². The minimum absolute atomic E-state index is 0.0685. The van der Waals surface area contributed by atoms with Crippen molar-refractivity contribution >= 4 is 5.91 Å². The number of benzene rings is 1. The number of aromatic nitrogens is 1. The number of piperidine rings is 1. The Labute approximate surface area is 155 Å². The van der Waals surface area contributed by atoms with E-state index in [1.165, 1.54) is 0 Å². The molecular formula is C21H28N2O3. The zero-order valence-electron chi connectivity index (χ0n) is 15.7. The van der Waals surface area contributed by atoms with Crippen LogP contribution in [0.5, 0.6) is 11.5 Å². The Balaban J connectivity index is 1.66. The van der Waals surface area contributed by atoms with Crippen LogP contribution in [-0.4, -0.2) is 41.7 Å². The predicted octanol–water partition coefficient (Wildman–Crippen LogP) is 4.15. The number of nitrogens with zero attached hydrogens (tertiary/aromatic N) is 2. The minimum Gasteiger partial charge on any atom is -0.490 e. The summed E-state index contributed by atoms with van der Waals surface area (Å²) in [6.45, 7) is 6.74. The molecule has 26 heavy (non-hydrogen) atoms. The van der Waals surface area contributed by atoms with Gasteiger partial charge in [-0.3, -0.25) is 4.79 Å². The summed E-state index contributed by atoms with van der Waals surface area (Å²) < 4.78 is 13.6. The highest BCUT2D eigenvalue weighted by Gasteiger charge is 2.25. The van der Waals surface area contributed by atoms with Crippen molar-refractivity contribution < 1.29 is 14.3 Å². The average molecular weight is 356 g/mol. The van der Waals surface area contributed by atoms with E-state index in [4.69, 9.17) is 9.47 Å². The highest BCUT2D eigenvalue weighted by atomic mass is 16.5. The number of carbonyl (C=O) groups excluding carboxylic acids is 1. The molecule has 5 nitrogen and oxygen atoms in total. The first kappa shape index (κ1) is 18.4. The van der Waals surface area contributed by atoms with E-state index < -0.39 is 0 Å². The van der Waals surface area contributed by atoms with E-state index in [9.17, 15) is 4.79 Å². The lowest BCUT2D eigenvalue weighted by Crippen LogP contribution is -2.38. The van der Waals surface area contributed by atoms with Crippen LogP contribution in [0, 0.1) is 0 Å². The Morgan fingerprint density at radius 2 is 1.81 bits per heavy atom. The van der Waals surface area contributed by atoms with E-state index in [1.54, 1.807) is 0 Å². The quantitative estimate of drug-likeness (QED) is 0.748. The summed E-state index contributed by atoms with van der Waals surface area (Å²) in [5.41, 5.74) is 0.664. The molecule has 0 bridgehead atoms. The molecule has 0 spiro atoms. The van der Waals surface area contributed by atoms with Crippen molar-refractivity contribution in [3.05, 3.63) is 48.3 Å². The third-order valence-corrected chi connectivity index (χ3v) is 4.75. The first-order valence-corrected chi connectivity index (χ1v) is 9.54. The smallest absolute Gasteiger partial charge is 0.253 e. The summed E-state index contributed by atoms with van der Waals surface area (Å²) in [5, 5.41) is 0. The van der Waals surface area contributed by atoms with Gasteiger partial charge in [0, 0.05) is 37.1 Å². The molecule has 1 aromatic heterocycles. The highest BCUT2D eigenvalue weighted by Crippen LogP contribution is 2.30. The number of rotatable bonds is 7. The second-order valence-corrected chi connectivity index (χ2v) is 6.60. The maximum Gasteiger partial charge on any atom is 0.253 e. The largest absolute Gasteiger partial charge is 0.490 e. The molecule has 140 valence electrons. The molecule has 0 saturated carbocycles. The SMILES string of the molecule is CCCOc1ccc(C(=O)N2CCC(n3cccc3)CC2)cc1OCC. The Hall–Kier alpha value is -2.43. The van der Waals surface area contributed by atoms with Crippen LogP contribution in [0.1, 0.15) is 49.5 Å². The van der Waals surface area contributed by atoms with Crippen LogP contribution in [0.25, 0.3) is 0 Å². The van der Waals surface area contributed by atoms with Crippen LogP contribution in [0.3, 0.4) is 0 Å². The number of likely N-dealkylation sites (tertiary alicyclic amines) is 1. The summed E-state index contributed by atoms with van der Waals surface area (Å²) in [6.07, 6.45) is 7.10. The number of ether oxygens (including phenoxy) is 2. The second-order valence-electron chi connectivity index (χ2n) is 6.60. The molecule has 0 radical (unpaired) electrons. The van der Waals surface area contributed by atoms with Crippen LogP contribution >= 0.6 is 0 Å². The maximum absolute atomic E-state index is 12.9. The molecule has 1 fully saturated rings. The fraction of sp³-hybridized carbons (Fsp3) is 0.476. The van der Waals surface area contributed by atoms with E-state index in [0.29, 0.717) is 36.3 Å². The molecule has 0 aliphatic carbocycles. The van der Waals surface area contributed by atoms with Gasteiger partial charge in [0.05, 0.1) is 13.2 Å². The van der Waals surface area contributed by atoms with Crippen molar-refractivity contribution in [2.45, 2.75) is 39.2 Å². The molecule has 0 N–H and O–H groups in total. The third kappa shape index (κ3) is 4.21. The lowest BCUT2D eigenvalue weighted by atomic mass is 10.0. The van der Waals surface area contributed by atoms with E-state index in [1.807, 2.05) is 30.0 Å². The van der Waals surface area contributed by atoms with Crippen LogP contribution in [0.15, 0.2) is 42.7 Å². The van der Waals surface area contributed by atoms with Gasteiger partial charge in [0.2, 0.25) is 0 Å². The van der Waals surface area contributed by atoms with Gasteiger partial charge in [-0.2, -0.15) is 0 Å². The lowest BCUT2D eigenvalue weighted by molar-refractivity contribution is 0.0694. The molecular weight excluding hydrogens is 328 g/mol. The first-order valence-electron chi connectivity index (χ1n) is 9.54. The summed E-state index contributed by atoms with van der Waals surface area (Å²) in [4.78, 5) is 14.8. The molecule has 0 atom stereocenters. The second kappa shape index (κ2) is 8.79. The van der Waals surface area contributed by atoms with Crippen LogP contribution in [0.2, 0.25) is 0 Å². The Morgan fingerprint density at radius 3 is 2.46 bits per heavy atom. The van der Waals surface area contributed by atoms with Gasteiger partial charge in [-0.25, -0.2) is 0 Å². The highest BCUT2D eigenvalue weighted by molar-refractivity contribution is 5.95. The molecule has 5 heteroatoms. The molecule has 2 aromatic rings. The number of hydrogen-bond donors (Lipinski definition) is 0. The molecule has 1 amide bonds. The standard InChI is InChI=1S/C21H28N2O3/c1-3-15-26-19-8-7-17(16-20(19)25-4-2)21(24)23-13-9-18(10-14-23)22-11-5-6-12-22/h5-8,11-12,16,18H,3-4,9-10,13-15H2,1-2H3. The van der Waals surface area contributed by atoms with Crippen LogP contribution < -0.4 is 9.47 Å². The Kier molecular flexibility index (Phi) is 6.21. The monoisotopic (exact) mass is 356 g/mol. The van der Waals surface area contributed by atoms with E-state index in [-0.39, 0.29) is 5.91 Å². The predicted molar refractivity (Wildman–Crippen MR) is 102 cm³/mol. The molecule has 1 aliphatic heterocycles. The van der Waals surface area contributed by atoms with Gasteiger partial charge >= 0.3 is 0 Å². The first-order chi connectivity index (χ1) is 12.7. The third-order valence-electron chi connectivity index (χ3n) is 4.75. The van der Waals surface area contributed by atoms with Crippen molar-refractivity contribution in [3.63, 3.8) is 0 Å². The summed E-state index contributed by atoms with van der Waals surface area (Å²) >= 11 is 0. The molecule has 0 unspecified atom stereocenters. The van der Waals surface area contributed by atoms with E-state index in [2.05, 4.69) is 36.0 Å². The maximum atomic E-state index is 12.9. The van der Waals surface area contributed by atoms with Crippen molar-refractivity contribution in [1.29, 1.82) is 0 Å². The summed E-state index contributed by atoms with van der Waals surface area (Å²) in [5.74, 6) is 1.42. The van der Waals surface area contributed by atoms with Gasteiger partial charge in [-0.05, 0) is 56.5 Å². The molecule has 1 aromatic carbocycles. The van der Waals surface area contributed by atoms with Crippen molar-refractivity contribution in [3.8, 4) is 11.5 Å². The minimum atomic E-state index is 0.0685.